The number of ether oxygens (including phenoxy) is 1. The van der Waals surface area contributed by atoms with Crippen LogP contribution in [0.15, 0.2) is 60.1 Å². The monoisotopic (exact) mass is 460 g/mol. The number of aromatic nitrogens is 1. The molecule has 0 radical (unpaired) electrons. The number of hydrogen-bond donors (Lipinski definition) is 2. The van der Waals surface area contributed by atoms with Crippen molar-refractivity contribution in [2.75, 3.05) is 23.0 Å². The fraction of sp³-hybridized carbons (Fsp3) is 0.200. The number of nitrogens with zero attached hydrogens (tertiary/aromatic N) is 2. The van der Waals surface area contributed by atoms with Crippen LogP contribution in [-0.4, -0.2) is 31.9 Å². The summed E-state index contributed by atoms with van der Waals surface area (Å²) in [7, 11) is -1.93. The van der Waals surface area contributed by atoms with E-state index in [0.717, 1.165) is 22.5 Å². The summed E-state index contributed by atoms with van der Waals surface area (Å²) in [6.45, 7) is 0. The van der Waals surface area contributed by atoms with Gasteiger partial charge in [-0.25, -0.2) is 8.42 Å². The van der Waals surface area contributed by atoms with Gasteiger partial charge in [-0.2, -0.15) is 0 Å². The largest absolute Gasteiger partial charge is 0.494 e. The van der Waals surface area contributed by atoms with E-state index in [-0.39, 0.29) is 12.1 Å². The molecule has 2 atom stereocenters. The lowest BCUT2D eigenvalue weighted by atomic mass is 10.0. The van der Waals surface area contributed by atoms with Crippen molar-refractivity contribution in [1.29, 1.82) is 0 Å². The molecule has 10 heteroatoms. The Hall–Kier alpha value is -2.69. The lowest BCUT2D eigenvalue weighted by Crippen LogP contribution is -2.29. The fourth-order valence-corrected chi connectivity index (χ4v) is 5.26. The predicted molar refractivity (Wildman–Crippen MR) is 124 cm³/mol. The van der Waals surface area contributed by atoms with Crippen LogP contribution in [0.5, 0.6) is 5.75 Å². The maximum Gasteiger partial charge on any atom is 0.229 e. The van der Waals surface area contributed by atoms with Gasteiger partial charge in [0.25, 0.3) is 0 Å². The molecule has 30 heavy (non-hydrogen) atoms. The van der Waals surface area contributed by atoms with Gasteiger partial charge in [0.1, 0.15) is 5.75 Å². The van der Waals surface area contributed by atoms with E-state index in [9.17, 15) is 8.42 Å². The highest BCUT2D eigenvalue weighted by Gasteiger charge is 2.41. The Morgan fingerprint density at radius 2 is 2.07 bits per heavy atom. The summed E-state index contributed by atoms with van der Waals surface area (Å²) in [6.07, 6.45) is 2.87. The quantitative estimate of drug-likeness (QED) is 0.543. The van der Waals surface area contributed by atoms with Gasteiger partial charge in [-0.15, -0.1) is 11.3 Å². The first kappa shape index (κ1) is 20.6. The van der Waals surface area contributed by atoms with E-state index in [1.165, 1.54) is 7.11 Å². The average molecular weight is 461 g/mol. The number of hydrogen-bond acceptors (Lipinski definition) is 6. The second kappa shape index (κ2) is 8.21. The molecule has 2 N–H and O–H groups in total. The van der Waals surface area contributed by atoms with Gasteiger partial charge in [0.2, 0.25) is 10.0 Å². The molecule has 1 aliphatic heterocycles. The zero-order valence-electron chi connectivity index (χ0n) is 16.3. The second-order valence-corrected chi connectivity index (χ2v) is 9.89. The molecule has 1 fully saturated rings. The van der Waals surface area contributed by atoms with Gasteiger partial charge in [0.05, 0.1) is 36.8 Å². The molecule has 0 aliphatic carbocycles. The smallest absolute Gasteiger partial charge is 0.229 e. The van der Waals surface area contributed by atoms with Crippen molar-refractivity contribution >= 4 is 50.1 Å². The lowest BCUT2D eigenvalue weighted by molar-refractivity contribution is 0.417. The van der Waals surface area contributed by atoms with Crippen LogP contribution in [0.4, 0.5) is 11.4 Å². The van der Waals surface area contributed by atoms with Crippen LogP contribution in [0.3, 0.4) is 0 Å². The molecule has 2 aromatic heterocycles. The number of anilines is 2. The van der Waals surface area contributed by atoms with Crippen molar-refractivity contribution in [2.24, 2.45) is 0 Å². The molecular formula is C20H20N4O3S3. The molecular weight excluding hydrogens is 440 g/mol. The summed E-state index contributed by atoms with van der Waals surface area (Å²) >= 11 is 7.34. The van der Waals surface area contributed by atoms with Gasteiger partial charge < -0.3 is 15.0 Å². The molecule has 4 rings (SSSR count). The Morgan fingerprint density at radius 3 is 2.70 bits per heavy atom. The molecule has 1 saturated heterocycles. The predicted octanol–water partition coefficient (Wildman–Crippen LogP) is 3.70. The summed E-state index contributed by atoms with van der Waals surface area (Å²) in [5.41, 5.74) is 2.05. The third-order valence-electron chi connectivity index (χ3n) is 4.69. The maximum atomic E-state index is 11.7. The number of rotatable bonds is 6. The number of methoxy groups -OCH3 is 1. The summed E-state index contributed by atoms with van der Waals surface area (Å²) in [5, 5.41) is 5.99. The molecule has 1 aliphatic rings. The highest BCUT2D eigenvalue weighted by atomic mass is 32.2. The van der Waals surface area contributed by atoms with E-state index in [4.69, 9.17) is 17.0 Å². The molecule has 0 amide bonds. The Labute approximate surface area is 184 Å². The van der Waals surface area contributed by atoms with Gasteiger partial charge in [-0.1, -0.05) is 12.1 Å². The molecule has 7 nitrogen and oxygen atoms in total. The van der Waals surface area contributed by atoms with E-state index in [0.29, 0.717) is 16.5 Å². The van der Waals surface area contributed by atoms with Gasteiger partial charge >= 0.3 is 0 Å². The number of pyridine rings is 1. The number of thiocarbonyl (C=S) groups is 1. The minimum Gasteiger partial charge on any atom is -0.494 e. The zero-order chi connectivity index (χ0) is 21.3. The first-order chi connectivity index (χ1) is 14.4. The van der Waals surface area contributed by atoms with Crippen LogP contribution in [0, 0.1) is 0 Å². The molecule has 0 bridgehead atoms. The van der Waals surface area contributed by atoms with Crippen LogP contribution in [0.1, 0.15) is 22.7 Å². The maximum absolute atomic E-state index is 11.7. The summed E-state index contributed by atoms with van der Waals surface area (Å²) in [5.74, 6) is 0.409. The minimum atomic E-state index is -3.43. The Bertz CT molecular complexity index is 1150. The Balaban J connectivity index is 1.78. The molecule has 1 aromatic carbocycles. The number of nitrogens with one attached hydrogen (secondary N) is 2. The summed E-state index contributed by atoms with van der Waals surface area (Å²) < 4.78 is 31.2. The van der Waals surface area contributed by atoms with E-state index >= 15 is 0 Å². The zero-order valence-corrected chi connectivity index (χ0v) is 18.7. The van der Waals surface area contributed by atoms with Crippen molar-refractivity contribution in [3.05, 3.63) is 70.7 Å². The second-order valence-electron chi connectivity index (χ2n) is 6.77. The Morgan fingerprint density at radius 1 is 1.23 bits per heavy atom. The number of benzene rings is 1. The SMILES string of the molecule is COc1cc(N2C(=S)N[C@H](c3ccccn3)[C@H]2c2cccs2)ccc1NS(C)(=O)=O. The van der Waals surface area contributed by atoms with E-state index in [1.807, 2.05) is 40.6 Å². The Kier molecular flexibility index (Phi) is 5.63. The highest BCUT2D eigenvalue weighted by Crippen LogP contribution is 2.44. The van der Waals surface area contributed by atoms with Gasteiger partial charge in [-0.3, -0.25) is 9.71 Å². The number of sulfonamides is 1. The summed E-state index contributed by atoms with van der Waals surface area (Å²) in [4.78, 5) is 7.68. The molecule has 3 heterocycles. The first-order valence-corrected chi connectivity index (χ1v) is 12.2. The van der Waals surface area contributed by atoms with Crippen molar-refractivity contribution in [2.45, 2.75) is 12.1 Å². The van der Waals surface area contributed by atoms with Gasteiger partial charge in [-0.05, 0) is 47.9 Å². The minimum absolute atomic E-state index is 0.106. The van der Waals surface area contributed by atoms with Gasteiger partial charge in [0.15, 0.2) is 5.11 Å². The molecule has 0 saturated carbocycles. The standard InChI is InChI=1S/C20H20N4O3S3/c1-27-16-12-13(8-9-14(16)23-30(2,25)26)24-19(17-7-5-11-29-17)18(22-20(24)28)15-6-3-4-10-21-15/h3-12,18-19,23H,1-2H3,(H,22,28)/t18-,19-/m1/s1. The third-order valence-corrected chi connectivity index (χ3v) is 6.54. The van der Waals surface area contributed by atoms with Crippen molar-refractivity contribution in [3.8, 4) is 5.75 Å². The van der Waals surface area contributed by atoms with Crippen LogP contribution in [0.2, 0.25) is 0 Å². The average Bonchev–Trinajstić information content (AvgIpc) is 3.35. The molecule has 0 unspecified atom stereocenters. The van der Waals surface area contributed by atoms with E-state index in [1.54, 1.807) is 29.7 Å². The van der Waals surface area contributed by atoms with Gasteiger partial charge in [0, 0.05) is 22.8 Å². The van der Waals surface area contributed by atoms with Crippen molar-refractivity contribution in [3.63, 3.8) is 0 Å². The molecule has 0 spiro atoms. The summed E-state index contributed by atoms with van der Waals surface area (Å²) in [6, 6.07) is 14.9. The third kappa shape index (κ3) is 4.11. The topological polar surface area (TPSA) is 83.6 Å². The van der Waals surface area contributed by atoms with Crippen molar-refractivity contribution in [1.82, 2.24) is 10.3 Å². The highest BCUT2D eigenvalue weighted by molar-refractivity contribution is 7.92. The fourth-order valence-electron chi connectivity index (χ4n) is 3.50. The normalized spacial score (nSPS) is 18.9. The molecule has 3 aromatic rings. The lowest BCUT2D eigenvalue weighted by Gasteiger charge is -2.27. The van der Waals surface area contributed by atoms with Crippen LogP contribution in [0.25, 0.3) is 0 Å². The van der Waals surface area contributed by atoms with Crippen LogP contribution in [-0.2, 0) is 10.0 Å². The van der Waals surface area contributed by atoms with Crippen molar-refractivity contribution < 1.29 is 13.2 Å². The van der Waals surface area contributed by atoms with E-state index < -0.39 is 10.0 Å². The van der Waals surface area contributed by atoms with E-state index in [2.05, 4.69) is 21.1 Å². The van der Waals surface area contributed by atoms with Crippen LogP contribution < -0.4 is 19.7 Å². The van der Waals surface area contributed by atoms with Crippen LogP contribution >= 0.6 is 23.6 Å². The first-order valence-electron chi connectivity index (χ1n) is 9.07. The molecule has 156 valence electrons. The number of thiophene rings is 1.